The summed E-state index contributed by atoms with van der Waals surface area (Å²) in [6.45, 7) is 1.34. The fourth-order valence-electron chi connectivity index (χ4n) is 2.58. The van der Waals surface area contributed by atoms with Crippen molar-refractivity contribution in [3.63, 3.8) is 0 Å². The van der Waals surface area contributed by atoms with Gasteiger partial charge < -0.3 is 10.1 Å². The number of nitrogens with one attached hydrogen (secondary N) is 1. The maximum absolute atomic E-state index is 12.3. The van der Waals surface area contributed by atoms with Crippen molar-refractivity contribution in [2.75, 3.05) is 6.54 Å². The van der Waals surface area contributed by atoms with Crippen LogP contribution in [0, 0.1) is 5.92 Å². The van der Waals surface area contributed by atoms with Gasteiger partial charge in [0.2, 0.25) is 0 Å². The second-order valence-corrected chi connectivity index (χ2v) is 5.59. The van der Waals surface area contributed by atoms with E-state index < -0.39 is 17.5 Å². The molecular weight excluding hydrogens is 272 g/mol. The lowest BCUT2D eigenvalue weighted by molar-refractivity contribution is -0.141. The number of imide groups is 1. The van der Waals surface area contributed by atoms with Gasteiger partial charge >= 0.3 is 12.0 Å². The lowest BCUT2D eigenvalue weighted by atomic mass is 9.96. The van der Waals surface area contributed by atoms with Gasteiger partial charge in [-0.3, -0.25) is 9.69 Å². The van der Waals surface area contributed by atoms with E-state index in [1.54, 1.807) is 37.3 Å². The molecule has 2 aliphatic rings. The van der Waals surface area contributed by atoms with Gasteiger partial charge in [-0.05, 0) is 37.8 Å². The van der Waals surface area contributed by atoms with E-state index in [1.807, 2.05) is 0 Å². The highest BCUT2D eigenvalue weighted by atomic mass is 16.5. The van der Waals surface area contributed by atoms with Gasteiger partial charge in [0.15, 0.2) is 0 Å². The highest BCUT2D eigenvalue weighted by Gasteiger charge is 2.56. The number of carbonyl (C=O) groups is 3. The molecule has 0 bridgehead atoms. The smallest absolute Gasteiger partial charge is 0.331 e. The minimum Gasteiger partial charge on any atom is -0.425 e. The minimum absolute atomic E-state index is 0.170. The van der Waals surface area contributed by atoms with Crippen molar-refractivity contribution in [3.05, 3.63) is 30.3 Å². The van der Waals surface area contributed by atoms with Crippen LogP contribution in [0.15, 0.2) is 30.3 Å². The molecule has 6 nitrogen and oxygen atoms in total. The van der Waals surface area contributed by atoms with Crippen LogP contribution in [0.3, 0.4) is 0 Å². The number of esters is 1. The molecule has 6 heteroatoms. The third-order valence-electron chi connectivity index (χ3n) is 3.96. The van der Waals surface area contributed by atoms with Crippen LogP contribution in [0.1, 0.15) is 19.8 Å². The number of amides is 3. The monoisotopic (exact) mass is 288 g/mol. The summed E-state index contributed by atoms with van der Waals surface area (Å²) >= 11 is 0. The molecule has 1 aromatic rings. The number of hydrogen-bond donors (Lipinski definition) is 1. The lowest BCUT2D eigenvalue weighted by Crippen LogP contribution is -2.46. The summed E-state index contributed by atoms with van der Waals surface area (Å²) in [5, 5.41) is 2.69. The first kappa shape index (κ1) is 13.6. The van der Waals surface area contributed by atoms with Crippen molar-refractivity contribution < 1.29 is 19.1 Å². The van der Waals surface area contributed by atoms with E-state index in [-0.39, 0.29) is 18.4 Å². The van der Waals surface area contributed by atoms with Crippen LogP contribution in [-0.4, -0.2) is 34.9 Å². The number of nitrogens with zero attached hydrogens (tertiary/aromatic N) is 1. The Hall–Kier alpha value is -2.37. The standard InChI is InChI=1S/C15H16N2O4/c1-15(10-7-8-10)13(19)17(14(20)16-15)9-12(18)21-11-5-3-2-4-6-11/h2-6,10H,7-9H2,1H3,(H,16,20)/t15-/m0/s1. The van der Waals surface area contributed by atoms with Gasteiger partial charge in [-0.2, -0.15) is 0 Å². The van der Waals surface area contributed by atoms with Crippen LogP contribution in [-0.2, 0) is 9.59 Å². The zero-order valence-corrected chi connectivity index (χ0v) is 11.7. The molecule has 0 radical (unpaired) electrons. The Bertz CT molecular complexity index is 597. The van der Waals surface area contributed by atoms with Crippen LogP contribution in [0.5, 0.6) is 5.75 Å². The third kappa shape index (κ3) is 2.49. The summed E-state index contributed by atoms with van der Waals surface area (Å²) in [6.07, 6.45) is 1.84. The lowest BCUT2D eigenvalue weighted by Gasteiger charge is -2.20. The SMILES string of the molecule is C[C@@]1(C2CC2)NC(=O)N(CC(=O)Oc2ccccc2)C1=O. The van der Waals surface area contributed by atoms with Crippen molar-refractivity contribution in [1.29, 1.82) is 0 Å². The second-order valence-electron chi connectivity index (χ2n) is 5.59. The fraction of sp³-hybridized carbons (Fsp3) is 0.400. The van der Waals surface area contributed by atoms with E-state index in [2.05, 4.69) is 5.32 Å². The molecule has 2 fully saturated rings. The highest BCUT2D eigenvalue weighted by Crippen LogP contribution is 2.42. The zero-order chi connectivity index (χ0) is 15.0. The van der Waals surface area contributed by atoms with E-state index in [0.29, 0.717) is 5.75 Å². The number of ether oxygens (including phenoxy) is 1. The van der Waals surface area contributed by atoms with E-state index in [4.69, 9.17) is 4.74 Å². The zero-order valence-electron chi connectivity index (χ0n) is 11.7. The van der Waals surface area contributed by atoms with Crippen LogP contribution >= 0.6 is 0 Å². The number of carbonyl (C=O) groups excluding carboxylic acids is 3. The van der Waals surface area contributed by atoms with Gasteiger partial charge in [0.05, 0.1) is 0 Å². The van der Waals surface area contributed by atoms with Gasteiger partial charge in [-0.15, -0.1) is 0 Å². The van der Waals surface area contributed by atoms with Gasteiger partial charge in [0.1, 0.15) is 17.8 Å². The second kappa shape index (κ2) is 4.87. The number of benzene rings is 1. The molecule has 1 heterocycles. The molecule has 3 rings (SSSR count). The number of urea groups is 1. The molecule has 0 unspecified atom stereocenters. The first-order valence-corrected chi connectivity index (χ1v) is 6.90. The van der Waals surface area contributed by atoms with E-state index in [1.165, 1.54) is 0 Å². The summed E-state index contributed by atoms with van der Waals surface area (Å²) in [5.74, 6) is -0.423. The van der Waals surface area contributed by atoms with Gasteiger partial charge in [0, 0.05) is 0 Å². The van der Waals surface area contributed by atoms with Crippen LogP contribution in [0.4, 0.5) is 4.79 Å². The highest BCUT2D eigenvalue weighted by molar-refractivity contribution is 6.08. The minimum atomic E-state index is -0.871. The van der Waals surface area contributed by atoms with E-state index in [9.17, 15) is 14.4 Å². The Labute approximate surface area is 122 Å². The van der Waals surface area contributed by atoms with Crippen molar-refractivity contribution in [2.24, 2.45) is 5.92 Å². The van der Waals surface area contributed by atoms with Crippen molar-refractivity contribution in [2.45, 2.75) is 25.3 Å². The largest absolute Gasteiger partial charge is 0.425 e. The van der Waals surface area contributed by atoms with Crippen LogP contribution in [0.25, 0.3) is 0 Å². The fourth-order valence-corrected chi connectivity index (χ4v) is 2.58. The number of para-hydroxylation sites is 1. The molecule has 0 aromatic heterocycles. The van der Waals surface area contributed by atoms with Crippen molar-refractivity contribution in [1.82, 2.24) is 10.2 Å². The maximum Gasteiger partial charge on any atom is 0.331 e. The van der Waals surface area contributed by atoms with Crippen LogP contribution < -0.4 is 10.1 Å². The predicted molar refractivity (Wildman–Crippen MR) is 73.5 cm³/mol. The van der Waals surface area contributed by atoms with E-state index >= 15 is 0 Å². The predicted octanol–water partition coefficient (Wildman–Crippen LogP) is 1.31. The van der Waals surface area contributed by atoms with E-state index in [0.717, 1.165) is 17.7 Å². The van der Waals surface area contributed by atoms with Crippen molar-refractivity contribution >= 4 is 17.9 Å². The Morgan fingerprint density at radius 1 is 1.33 bits per heavy atom. The van der Waals surface area contributed by atoms with Gasteiger partial charge in [0.25, 0.3) is 5.91 Å². The molecule has 1 aliphatic heterocycles. The first-order chi connectivity index (χ1) is 10.0. The Morgan fingerprint density at radius 2 is 2.00 bits per heavy atom. The number of hydrogen-bond acceptors (Lipinski definition) is 4. The molecule has 1 saturated heterocycles. The summed E-state index contributed by atoms with van der Waals surface area (Å²) < 4.78 is 5.10. The first-order valence-electron chi connectivity index (χ1n) is 6.90. The molecule has 1 saturated carbocycles. The molecule has 0 spiro atoms. The molecule has 1 aromatic carbocycles. The third-order valence-corrected chi connectivity index (χ3v) is 3.96. The molecular formula is C15H16N2O4. The Morgan fingerprint density at radius 3 is 2.62 bits per heavy atom. The quantitative estimate of drug-likeness (QED) is 0.515. The Kier molecular flexibility index (Phi) is 3.16. The topological polar surface area (TPSA) is 75.7 Å². The summed E-state index contributed by atoms with van der Waals surface area (Å²) in [6, 6.07) is 8.02. The molecule has 3 amide bonds. The maximum atomic E-state index is 12.3. The molecule has 1 atom stereocenters. The average Bonchev–Trinajstić information content (AvgIpc) is 3.26. The molecule has 110 valence electrons. The van der Waals surface area contributed by atoms with Gasteiger partial charge in [-0.25, -0.2) is 9.59 Å². The van der Waals surface area contributed by atoms with Crippen molar-refractivity contribution in [3.8, 4) is 5.75 Å². The molecule has 21 heavy (non-hydrogen) atoms. The Balaban J connectivity index is 1.66. The average molecular weight is 288 g/mol. The van der Waals surface area contributed by atoms with Crippen LogP contribution in [0.2, 0.25) is 0 Å². The normalized spacial score (nSPS) is 24.9. The number of rotatable bonds is 4. The summed E-state index contributed by atoms with van der Waals surface area (Å²) in [5.41, 5.74) is -0.871. The van der Waals surface area contributed by atoms with Gasteiger partial charge in [-0.1, -0.05) is 18.2 Å². The summed E-state index contributed by atoms with van der Waals surface area (Å²) in [4.78, 5) is 37.0. The molecule has 1 aliphatic carbocycles. The molecule has 1 N–H and O–H groups in total. The summed E-state index contributed by atoms with van der Waals surface area (Å²) in [7, 11) is 0.